The maximum atomic E-state index is 11.8. The molecule has 3 aliphatic rings. The smallest absolute Gasteiger partial charge is 0.224 e. The first-order valence-corrected chi connectivity index (χ1v) is 6.94. The molecule has 100 valence electrons. The number of carbonyl (C=O) groups excluding carboxylic acids is 2. The van der Waals surface area contributed by atoms with Gasteiger partial charge in [0.2, 0.25) is 11.8 Å². The van der Waals surface area contributed by atoms with E-state index in [1.54, 1.807) is 4.90 Å². The molecule has 0 saturated carbocycles. The topological polar surface area (TPSA) is 52.7 Å². The molecule has 0 aromatic carbocycles. The molecule has 0 aromatic heterocycles. The van der Waals surface area contributed by atoms with Crippen LogP contribution in [0.15, 0.2) is 0 Å². The van der Waals surface area contributed by atoms with Crippen molar-refractivity contribution in [3.8, 4) is 0 Å². The summed E-state index contributed by atoms with van der Waals surface area (Å²) < 4.78 is 0. The number of amides is 2. The molecule has 5 heteroatoms. The van der Waals surface area contributed by atoms with Crippen LogP contribution in [0.5, 0.6) is 0 Å². The second-order valence-electron chi connectivity index (χ2n) is 5.78. The van der Waals surface area contributed by atoms with E-state index >= 15 is 0 Å². The average Bonchev–Trinajstić information content (AvgIpc) is 2.90. The van der Waals surface area contributed by atoms with E-state index < -0.39 is 0 Å². The van der Waals surface area contributed by atoms with Gasteiger partial charge >= 0.3 is 0 Å². The summed E-state index contributed by atoms with van der Waals surface area (Å²) in [4.78, 5) is 27.1. The molecule has 3 atom stereocenters. The van der Waals surface area contributed by atoms with E-state index in [2.05, 4.69) is 5.32 Å². The van der Waals surface area contributed by atoms with Crippen molar-refractivity contribution in [2.75, 3.05) is 20.1 Å². The summed E-state index contributed by atoms with van der Waals surface area (Å²) >= 11 is 0. The number of nitrogens with one attached hydrogen (secondary N) is 1. The third kappa shape index (κ3) is 2.00. The Morgan fingerprint density at radius 1 is 1.22 bits per heavy atom. The van der Waals surface area contributed by atoms with E-state index in [1.165, 1.54) is 0 Å². The van der Waals surface area contributed by atoms with Crippen molar-refractivity contribution < 1.29 is 9.59 Å². The van der Waals surface area contributed by atoms with Crippen LogP contribution < -0.4 is 5.32 Å². The Morgan fingerprint density at radius 3 is 2.83 bits per heavy atom. The minimum absolute atomic E-state index is 0.234. The third-order valence-corrected chi connectivity index (χ3v) is 4.56. The third-order valence-electron chi connectivity index (χ3n) is 4.56. The summed E-state index contributed by atoms with van der Waals surface area (Å²) in [5.74, 6) is 0.535. The summed E-state index contributed by atoms with van der Waals surface area (Å²) in [5.41, 5.74) is 0. The van der Waals surface area contributed by atoms with Crippen LogP contribution in [-0.2, 0) is 9.59 Å². The van der Waals surface area contributed by atoms with Gasteiger partial charge in [0.1, 0.15) is 0 Å². The molecular formula is C13H21N3O2. The van der Waals surface area contributed by atoms with Gasteiger partial charge in [-0.25, -0.2) is 0 Å². The molecule has 3 fully saturated rings. The largest absolute Gasteiger partial charge is 0.344 e. The predicted molar refractivity (Wildman–Crippen MR) is 66.9 cm³/mol. The highest BCUT2D eigenvalue weighted by atomic mass is 16.2. The number of rotatable bonds is 2. The lowest BCUT2D eigenvalue weighted by Crippen LogP contribution is -2.52. The van der Waals surface area contributed by atoms with Crippen molar-refractivity contribution in [1.29, 1.82) is 0 Å². The maximum Gasteiger partial charge on any atom is 0.224 e. The molecule has 3 unspecified atom stereocenters. The van der Waals surface area contributed by atoms with Crippen molar-refractivity contribution in [3.63, 3.8) is 0 Å². The second kappa shape index (κ2) is 4.53. The number of hydrogen-bond donors (Lipinski definition) is 1. The van der Waals surface area contributed by atoms with Crippen LogP contribution in [0.1, 0.15) is 32.1 Å². The number of nitrogens with zero attached hydrogens (tertiary/aromatic N) is 2. The normalized spacial score (nSPS) is 36.4. The lowest BCUT2D eigenvalue weighted by molar-refractivity contribution is -0.132. The molecule has 0 spiro atoms. The molecule has 3 aliphatic heterocycles. The van der Waals surface area contributed by atoms with Gasteiger partial charge < -0.3 is 15.1 Å². The van der Waals surface area contributed by atoms with Crippen LogP contribution in [0.4, 0.5) is 0 Å². The first-order chi connectivity index (χ1) is 8.65. The summed E-state index contributed by atoms with van der Waals surface area (Å²) in [5, 5.41) is 3.61. The molecule has 0 aliphatic carbocycles. The van der Waals surface area contributed by atoms with Crippen LogP contribution in [0.25, 0.3) is 0 Å². The Balaban J connectivity index is 1.60. The molecule has 3 heterocycles. The number of hydrogen-bond acceptors (Lipinski definition) is 3. The van der Waals surface area contributed by atoms with Crippen molar-refractivity contribution in [1.82, 2.24) is 15.1 Å². The van der Waals surface area contributed by atoms with Gasteiger partial charge in [0.05, 0.1) is 0 Å². The van der Waals surface area contributed by atoms with Gasteiger partial charge in [-0.05, 0) is 19.3 Å². The summed E-state index contributed by atoms with van der Waals surface area (Å²) in [6.45, 7) is 1.71. The Kier molecular flexibility index (Phi) is 3.01. The van der Waals surface area contributed by atoms with Crippen molar-refractivity contribution in [3.05, 3.63) is 0 Å². The van der Waals surface area contributed by atoms with Crippen LogP contribution in [0.3, 0.4) is 0 Å². The van der Waals surface area contributed by atoms with E-state index in [4.69, 9.17) is 0 Å². The van der Waals surface area contributed by atoms with Gasteiger partial charge in [-0.3, -0.25) is 9.59 Å². The summed E-state index contributed by atoms with van der Waals surface area (Å²) in [6.07, 6.45) is 4.44. The lowest BCUT2D eigenvalue weighted by Gasteiger charge is -2.33. The van der Waals surface area contributed by atoms with Crippen LogP contribution >= 0.6 is 0 Å². The fraction of sp³-hybridized carbons (Fsp3) is 0.846. The lowest BCUT2D eigenvalue weighted by atomic mass is 10.0. The van der Waals surface area contributed by atoms with E-state index in [0.29, 0.717) is 36.9 Å². The molecule has 5 nitrogen and oxygen atoms in total. The van der Waals surface area contributed by atoms with E-state index in [9.17, 15) is 9.59 Å². The number of piperidine rings is 1. The summed E-state index contributed by atoms with van der Waals surface area (Å²) in [7, 11) is 1.86. The molecule has 1 N–H and O–H groups in total. The van der Waals surface area contributed by atoms with Crippen molar-refractivity contribution in [2.24, 2.45) is 0 Å². The zero-order chi connectivity index (χ0) is 12.7. The first-order valence-electron chi connectivity index (χ1n) is 6.94. The van der Waals surface area contributed by atoms with Crippen LogP contribution in [0.2, 0.25) is 0 Å². The maximum absolute atomic E-state index is 11.8. The second-order valence-corrected chi connectivity index (χ2v) is 5.78. The number of fused-ring (bicyclic) bond motifs is 1. The van der Waals surface area contributed by atoms with Crippen LogP contribution in [-0.4, -0.2) is 59.9 Å². The Bertz CT molecular complexity index is 371. The van der Waals surface area contributed by atoms with E-state index in [-0.39, 0.29) is 5.91 Å². The van der Waals surface area contributed by atoms with Gasteiger partial charge in [0, 0.05) is 51.1 Å². The van der Waals surface area contributed by atoms with Gasteiger partial charge in [-0.1, -0.05) is 0 Å². The molecule has 3 saturated heterocycles. The van der Waals surface area contributed by atoms with Crippen molar-refractivity contribution in [2.45, 2.75) is 50.2 Å². The van der Waals surface area contributed by atoms with Crippen LogP contribution in [0, 0.1) is 0 Å². The van der Waals surface area contributed by atoms with Gasteiger partial charge in [0.25, 0.3) is 0 Å². The highest BCUT2D eigenvalue weighted by Gasteiger charge is 2.43. The molecule has 0 aromatic rings. The predicted octanol–water partition coefficient (Wildman–Crippen LogP) is -0.0399. The number of likely N-dealkylation sites (tertiary alicyclic amines) is 1. The molecule has 0 bridgehead atoms. The minimum Gasteiger partial charge on any atom is -0.344 e. The summed E-state index contributed by atoms with van der Waals surface area (Å²) in [6, 6.07) is 1.05. The molecular weight excluding hydrogens is 230 g/mol. The van der Waals surface area contributed by atoms with Gasteiger partial charge in [0.15, 0.2) is 0 Å². The Morgan fingerprint density at radius 2 is 2.06 bits per heavy atom. The fourth-order valence-electron chi connectivity index (χ4n) is 3.58. The molecule has 0 radical (unpaired) electrons. The fourth-order valence-corrected chi connectivity index (χ4v) is 3.58. The minimum atomic E-state index is 0.234. The van der Waals surface area contributed by atoms with E-state index in [1.807, 2.05) is 11.9 Å². The first kappa shape index (κ1) is 12.0. The van der Waals surface area contributed by atoms with E-state index in [0.717, 1.165) is 32.4 Å². The van der Waals surface area contributed by atoms with Gasteiger partial charge in [-0.15, -0.1) is 0 Å². The van der Waals surface area contributed by atoms with Gasteiger partial charge in [-0.2, -0.15) is 0 Å². The number of likely N-dealkylation sites (N-methyl/N-ethyl adjacent to an activating group) is 1. The molecule has 18 heavy (non-hydrogen) atoms. The zero-order valence-electron chi connectivity index (χ0n) is 10.9. The monoisotopic (exact) mass is 251 g/mol. The Labute approximate surface area is 107 Å². The highest BCUT2D eigenvalue weighted by molar-refractivity contribution is 5.80. The van der Waals surface area contributed by atoms with Crippen molar-refractivity contribution >= 4 is 11.8 Å². The quantitative estimate of drug-likeness (QED) is 0.749. The molecule has 2 amide bonds. The highest BCUT2D eigenvalue weighted by Crippen LogP contribution is 2.29. The Hall–Kier alpha value is -1.10. The number of carbonyl (C=O) groups is 2. The standard InChI is InChI=1S/C13H21N3O2/c1-15-8-9(4-5-12(15)17)14-10-7-13(18)16-6-2-3-11(10)16/h9-11,14H,2-8H2,1H3. The molecule has 3 rings (SSSR count). The zero-order valence-corrected chi connectivity index (χ0v) is 10.9. The average molecular weight is 251 g/mol. The SMILES string of the molecule is CN1CC(NC2CC(=O)N3CCCC23)CCC1=O.